The van der Waals surface area contributed by atoms with Gasteiger partial charge in [0.25, 0.3) is 0 Å². The molecule has 0 radical (unpaired) electrons. The van der Waals surface area contributed by atoms with Crippen molar-refractivity contribution in [2.24, 2.45) is 0 Å². The third kappa shape index (κ3) is 5.23. The predicted octanol–water partition coefficient (Wildman–Crippen LogP) is 16.3. The summed E-state index contributed by atoms with van der Waals surface area (Å²) in [5.74, 6) is 0. The molecule has 0 saturated carbocycles. The zero-order chi connectivity index (χ0) is 39.2. The second kappa shape index (κ2) is 12.9. The van der Waals surface area contributed by atoms with Gasteiger partial charge in [-0.1, -0.05) is 208 Å². The van der Waals surface area contributed by atoms with Crippen molar-refractivity contribution in [1.82, 2.24) is 0 Å². The molecule has 10 aromatic rings. The van der Waals surface area contributed by atoms with Crippen LogP contribution in [0.1, 0.15) is 25.0 Å². The molecule has 0 bridgehead atoms. The van der Waals surface area contributed by atoms with Crippen LogP contribution in [0.4, 0.5) is 0 Å². The van der Waals surface area contributed by atoms with E-state index in [4.69, 9.17) is 0 Å². The predicted molar refractivity (Wildman–Crippen MR) is 251 cm³/mol. The zero-order valence-electron chi connectivity index (χ0n) is 33.1. The van der Waals surface area contributed by atoms with Gasteiger partial charge < -0.3 is 0 Å². The highest BCUT2D eigenvalue weighted by Crippen LogP contribution is 2.52. The van der Waals surface area contributed by atoms with Crippen LogP contribution in [-0.4, -0.2) is 0 Å². The molecule has 0 saturated heterocycles. The van der Waals surface area contributed by atoms with Gasteiger partial charge in [-0.05, 0) is 134 Å². The van der Waals surface area contributed by atoms with Crippen LogP contribution >= 0.6 is 0 Å². The minimum absolute atomic E-state index is 0.120. The smallest absolute Gasteiger partial charge is 0.0159 e. The molecule has 59 heavy (non-hydrogen) atoms. The molecule has 0 spiro atoms. The molecule has 0 heterocycles. The van der Waals surface area contributed by atoms with Crippen LogP contribution in [0.2, 0.25) is 0 Å². The van der Waals surface area contributed by atoms with Gasteiger partial charge in [0, 0.05) is 5.41 Å². The Bertz CT molecular complexity index is 3270. The standard InChI is InChI=1S/C59H40/c1-59(2)56-35-44(39-19-17-37(18-20-39)38-21-25-42(26-22-38)47-14-7-10-41-9-3-4-11-46(41)47)29-31-51(56)52-32-30-45(36-57(52)59)40-23-27-43(28-24-40)48-33-34-55-50-13-6-5-12-49(50)54-16-8-15-53(48)58(54)55/h3-36H,1-2H3. The van der Waals surface area contributed by atoms with Crippen LogP contribution in [0.15, 0.2) is 206 Å². The first-order valence-corrected chi connectivity index (χ1v) is 20.7. The lowest BCUT2D eigenvalue weighted by Crippen LogP contribution is -2.15. The first-order chi connectivity index (χ1) is 29.0. The van der Waals surface area contributed by atoms with Crippen molar-refractivity contribution in [2.45, 2.75) is 19.3 Å². The van der Waals surface area contributed by atoms with Gasteiger partial charge in [0.1, 0.15) is 0 Å². The Labute approximate surface area is 345 Å². The van der Waals surface area contributed by atoms with Crippen molar-refractivity contribution in [2.75, 3.05) is 0 Å². The second-order valence-corrected chi connectivity index (χ2v) is 16.8. The molecule has 0 aromatic heterocycles. The summed E-state index contributed by atoms with van der Waals surface area (Å²) in [6.07, 6.45) is 0. The largest absolute Gasteiger partial charge is 0.0616 e. The number of rotatable bonds is 5. The fraction of sp³-hybridized carbons (Fsp3) is 0.0508. The van der Waals surface area contributed by atoms with Gasteiger partial charge >= 0.3 is 0 Å². The fourth-order valence-corrected chi connectivity index (χ4v) is 10.2. The third-order valence-corrected chi connectivity index (χ3v) is 13.3. The summed E-state index contributed by atoms with van der Waals surface area (Å²) < 4.78 is 0. The summed E-state index contributed by atoms with van der Waals surface area (Å²) in [7, 11) is 0. The van der Waals surface area contributed by atoms with E-state index in [0.29, 0.717) is 0 Å². The number of fused-ring (bicyclic) bond motifs is 7. The molecule has 12 rings (SSSR count). The lowest BCUT2D eigenvalue weighted by atomic mass is 9.80. The van der Waals surface area contributed by atoms with E-state index < -0.39 is 0 Å². The average molecular weight is 749 g/mol. The van der Waals surface area contributed by atoms with Crippen LogP contribution in [-0.2, 0) is 5.41 Å². The van der Waals surface area contributed by atoms with E-state index in [2.05, 4.69) is 220 Å². The Kier molecular flexibility index (Phi) is 7.38. The number of benzene rings is 10. The summed E-state index contributed by atoms with van der Waals surface area (Å²) in [5, 5.41) is 5.25. The maximum absolute atomic E-state index is 2.43. The lowest BCUT2D eigenvalue weighted by Gasteiger charge is -2.22. The van der Waals surface area contributed by atoms with Gasteiger partial charge in [-0.2, -0.15) is 0 Å². The quantitative estimate of drug-likeness (QED) is 0.164. The molecule has 2 aliphatic rings. The van der Waals surface area contributed by atoms with E-state index >= 15 is 0 Å². The molecule has 0 aliphatic heterocycles. The molecule has 0 heteroatoms. The minimum Gasteiger partial charge on any atom is -0.0616 e. The van der Waals surface area contributed by atoms with Crippen LogP contribution in [0, 0.1) is 0 Å². The van der Waals surface area contributed by atoms with Crippen molar-refractivity contribution >= 4 is 21.5 Å². The molecule has 0 nitrogen and oxygen atoms in total. The van der Waals surface area contributed by atoms with Gasteiger partial charge in [0.15, 0.2) is 0 Å². The van der Waals surface area contributed by atoms with E-state index in [1.165, 1.54) is 122 Å². The van der Waals surface area contributed by atoms with Crippen LogP contribution in [0.5, 0.6) is 0 Å². The SMILES string of the molecule is CC1(C)c2cc(-c3ccc(-c4ccc(-c5cccc6ccccc56)cc4)cc3)ccc2-c2ccc(-c3ccc(-c4ccc5c6c(cccc46)-c4ccccc4-5)cc3)cc21. The van der Waals surface area contributed by atoms with Crippen molar-refractivity contribution in [3.8, 4) is 89.0 Å². The van der Waals surface area contributed by atoms with Crippen molar-refractivity contribution in [3.63, 3.8) is 0 Å². The highest BCUT2D eigenvalue weighted by Gasteiger charge is 2.36. The highest BCUT2D eigenvalue weighted by molar-refractivity contribution is 6.18. The van der Waals surface area contributed by atoms with Crippen molar-refractivity contribution < 1.29 is 0 Å². The second-order valence-electron chi connectivity index (χ2n) is 16.8. The highest BCUT2D eigenvalue weighted by atomic mass is 14.4. The maximum atomic E-state index is 2.43. The first kappa shape index (κ1) is 33.8. The van der Waals surface area contributed by atoms with E-state index in [9.17, 15) is 0 Å². The minimum atomic E-state index is -0.120. The topological polar surface area (TPSA) is 0 Å². The van der Waals surface area contributed by atoms with Gasteiger partial charge in [-0.15, -0.1) is 0 Å². The van der Waals surface area contributed by atoms with Crippen LogP contribution < -0.4 is 0 Å². The van der Waals surface area contributed by atoms with Gasteiger partial charge in [0.2, 0.25) is 0 Å². The Hall–Kier alpha value is -7.28. The molecule has 0 fully saturated rings. The monoisotopic (exact) mass is 748 g/mol. The molecule has 0 amide bonds. The Balaban J connectivity index is 0.806. The maximum Gasteiger partial charge on any atom is 0.0159 e. The third-order valence-electron chi connectivity index (χ3n) is 13.3. The summed E-state index contributed by atoms with van der Waals surface area (Å²) in [4.78, 5) is 0. The normalized spacial score (nSPS) is 13.1. The molecule has 0 N–H and O–H groups in total. The number of hydrogen-bond acceptors (Lipinski definition) is 0. The summed E-state index contributed by atoms with van der Waals surface area (Å²) >= 11 is 0. The van der Waals surface area contributed by atoms with Gasteiger partial charge in [0.05, 0.1) is 0 Å². The summed E-state index contributed by atoms with van der Waals surface area (Å²) in [6.45, 7) is 4.76. The lowest BCUT2D eigenvalue weighted by molar-refractivity contribution is 0.661. The molecule has 10 aromatic carbocycles. The van der Waals surface area contributed by atoms with E-state index in [1.54, 1.807) is 0 Å². The first-order valence-electron chi connectivity index (χ1n) is 20.7. The summed E-state index contributed by atoms with van der Waals surface area (Å²) in [6, 6.07) is 76.7. The Morgan fingerprint density at radius 2 is 0.610 bits per heavy atom. The fourth-order valence-electron chi connectivity index (χ4n) is 10.2. The van der Waals surface area contributed by atoms with Crippen LogP contribution in [0.3, 0.4) is 0 Å². The van der Waals surface area contributed by atoms with Crippen LogP contribution in [0.25, 0.3) is 111 Å². The van der Waals surface area contributed by atoms with E-state index in [1.807, 2.05) is 0 Å². The Morgan fingerprint density at radius 1 is 0.254 bits per heavy atom. The number of hydrogen-bond donors (Lipinski definition) is 0. The molecule has 0 unspecified atom stereocenters. The van der Waals surface area contributed by atoms with E-state index in [-0.39, 0.29) is 5.41 Å². The van der Waals surface area contributed by atoms with Gasteiger partial charge in [-0.25, -0.2) is 0 Å². The molecule has 2 aliphatic carbocycles. The summed E-state index contributed by atoms with van der Waals surface area (Å²) in [5.41, 5.74) is 23.2. The van der Waals surface area contributed by atoms with Crippen molar-refractivity contribution in [1.29, 1.82) is 0 Å². The molecule has 276 valence electrons. The molecule has 0 atom stereocenters. The van der Waals surface area contributed by atoms with E-state index in [0.717, 1.165) is 0 Å². The van der Waals surface area contributed by atoms with Gasteiger partial charge in [-0.3, -0.25) is 0 Å². The van der Waals surface area contributed by atoms with Crippen molar-refractivity contribution in [3.05, 3.63) is 217 Å². The Morgan fingerprint density at radius 3 is 1.20 bits per heavy atom. The average Bonchev–Trinajstić information content (AvgIpc) is 3.74. The zero-order valence-corrected chi connectivity index (χ0v) is 33.1. The molecular weight excluding hydrogens is 709 g/mol. The molecular formula is C59H40.